The normalized spacial score (nSPS) is 18.8. The van der Waals surface area contributed by atoms with Gasteiger partial charge in [-0.1, -0.05) is 12.5 Å². The standard InChI is InChI=1S/C31H29F5N4O5S/c1-16-37-26-15-19(9-12-27(26)39(16)2)46(44,45)40(3)18-8-10-20(23(32)14-18)21-5-4-6-22(28(21)30(42)43)29(41)38-25-11-7-17(13-24(25)33)31(34,35)36/h7-15,21-22,28H,4-6H2,1-3H3,(H,38,41)(H,42,43)/t21-,22-,28-/m1/s1. The number of carbonyl (C=O) groups excluding carboxylic acids is 1. The van der Waals surface area contributed by atoms with Crippen molar-refractivity contribution in [3.8, 4) is 0 Å². The molecule has 15 heteroatoms. The monoisotopic (exact) mass is 664 g/mol. The summed E-state index contributed by atoms with van der Waals surface area (Å²) < 4.78 is 98.4. The first-order valence-corrected chi connectivity index (χ1v) is 15.6. The number of imidazole rings is 1. The zero-order valence-electron chi connectivity index (χ0n) is 24.8. The molecule has 1 saturated carbocycles. The molecule has 1 aromatic heterocycles. The number of nitrogens with one attached hydrogen (secondary N) is 1. The Morgan fingerprint density at radius 3 is 2.37 bits per heavy atom. The van der Waals surface area contributed by atoms with Gasteiger partial charge in [-0.15, -0.1) is 0 Å². The number of aromatic nitrogens is 2. The second-order valence-corrected chi connectivity index (χ2v) is 13.2. The number of nitrogens with zero attached hydrogens (tertiary/aromatic N) is 3. The molecule has 4 aromatic rings. The molecule has 0 spiro atoms. The van der Waals surface area contributed by atoms with Gasteiger partial charge in [0.2, 0.25) is 5.91 Å². The molecule has 0 aliphatic heterocycles. The Labute approximate surface area is 260 Å². The molecule has 1 heterocycles. The summed E-state index contributed by atoms with van der Waals surface area (Å²) in [5.41, 5.74) is -0.704. The van der Waals surface area contributed by atoms with Gasteiger partial charge < -0.3 is 15.0 Å². The number of carboxylic acids is 1. The van der Waals surface area contributed by atoms with Crippen LogP contribution in [0.25, 0.3) is 11.0 Å². The van der Waals surface area contributed by atoms with E-state index in [-0.39, 0.29) is 35.1 Å². The van der Waals surface area contributed by atoms with E-state index in [9.17, 15) is 40.7 Å². The summed E-state index contributed by atoms with van der Waals surface area (Å²) in [6.07, 6.45) is -4.27. The molecule has 2 N–H and O–H groups in total. The van der Waals surface area contributed by atoms with E-state index < -0.39 is 68.7 Å². The summed E-state index contributed by atoms with van der Waals surface area (Å²) in [4.78, 5) is 29.8. The number of halogens is 5. The van der Waals surface area contributed by atoms with Crippen LogP contribution in [0.3, 0.4) is 0 Å². The number of benzene rings is 3. The number of fused-ring (bicyclic) bond motifs is 1. The van der Waals surface area contributed by atoms with Gasteiger partial charge in [0, 0.05) is 20.0 Å². The largest absolute Gasteiger partial charge is 0.481 e. The fourth-order valence-corrected chi connectivity index (χ4v) is 7.18. The molecule has 244 valence electrons. The van der Waals surface area contributed by atoms with E-state index >= 15 is 4.39 Å². The second kappa shape index (κ2) is 12.0. The molecule has 1 amide bonds. The maximum atomic E-state index is 15.7. The van der Waals surface area contributed by atoms with Gasteiger partial charge in [-0.2, -0.15) is 13.2 Å². The van der Waals surface area contributed by atoms with Crippen LogP contribution in [0, 0.1) is 30.4 Å². The number of rotatable bonds is 7. The Bertz CT molecular complexity index is 1960. The minimum Gasteiger partial charge on any atom is -0.481 e. The van der Waals surface area contributed by atoms with Crippen molar-refractivity contribution >= 4 is 44.3 Å². The Morgan fingerprint density at radius 1 is 1.02 bits per heavy atom. The zero-order valence-corrected chi connectivity index (χ0v) is 25.6. The van der Waals surface area contributed by atoms with Crippen LogP contribution in [0.5, 0.6) is 0 Å². The summed E-state index contributed by atoms with van der Waals surface area (Å²) in [7, 11) is -1.11. The summed E-state index contributed by atoms with van der Waals surface area (Å²) in [6, 6.07) is 9.58. The first-order valence-electron chi connectivity index (χ1n) is 14.1. The van der Waals surface area contributed by atoms with Gasteiger partial charge in [0.05, 0.1) is 44.7 Å². The smallest absolute Gasteiger partial charge is 0.416 e. The van der Waals surface area contributed by atoms with Crippen molar-refractivity contribution in [1.82, 2.24) is 9.55 Å². The number of hydrogen-bond donors (Lipinski definition) is 2. The van der Waals surface area contributed by atoms with E-state index in [1.54, 1.807) is 24.6 Å². The molecule has 1 fully saturated rings. The molecule has 1 aliphatic carbocycles. The Kier molecular flexibility index (Phi) is 8.57. The summed E-state index contributed by atoms with van der Waals surface area (Å²) in [5, 5.41) is 12.3. The lowest BCUT2D eigenvalue weighted by Gasteiger charge is -2.35. The minimum absolute atomic E-state index is 0.0340. The van der Waals surface area contributed by atoms with Crippen molar-refractivity contribution in [1.29, 1.82) is 0 Å². The van der Waals surface area contributed by atoms with Crippen LogP contribution in [0.4, 0.5) is 33.3 Å². The van der Waals surface area contributed by atoms with Crippen molar-refractivity contribution in [2.75, 3.05) is 16.7 Å². The number of sulfonamides is 1. The highest BCUT2D eigenvalue weighted by Crippen LogP contribution is 2.44. The highest BCUT2D eigenvalue weighted by Gasteiger charge is 2.44. The quantitative estimate of drug-likeness (QED) is 0.226. The van der Waals surface area contributed by atoms with Crippen molar-refractivity contribution < 1.29 is 45.1 Å². The highest BCUT2D eigenvalue weighted by molar-refractivity contribution is 7.92. The zero-order chi connectivity index (χ0) is 33.7. The van der Waals surface area contributed by atoms with Gasteiger partial charge in [-0.25, -0.2) is 22.2 Å². The van der Waals surface area contributed by atoms with Crippen molar-refractivity contribution in [2.24, 2.45) is 18.9 Å². The lowest BCUT2D eigenvalue weighted by molar-refractivity contribution is -0.148. The Morgan fingerprint density at radius 2 is 1.74 bits per heavy atom. The van der Waals surface area contributed by atoms with Gasteiger partial charge in [0.15, 0.2) is 0 Å². The number of hydrogen-bond acceptors (Lipinski definition) is 5. The van der Waals surface area contributed by atoms with E-state index in [0.29, 0.717) is 23.8 Å². The molecule has 0 saturated heterocycles. The molecule has 0 unspecified atom stereocenters. The van der Waals surface area contributed by atoms with Crippen molar-refractivity contribution in [3.63, 3.8) is 0 Å². The topological polar surface area (TPSA) is 122 Å². The highest BCUT2D eigenvalue weighted by atomic mass is 32.2. The van der Waals surface area contributed by atoms with Crippen LogP contribution in [0.15, 0.2) is 59.5 Å². The molecule has 9 nitrogen and oxygen atoms in total. The Balaban J connectivity index is 1.39. The average molecular weight is 665 g/mol. The predicted octanol–water partition coefficient (Wildman–Crippen LogP) is 6.23. The average Bonchev–Trinajstić information content (AvgIpc) is 3.28. The maximum absolute atomic E-state index is 15.7. The fraction of sp³-hybridized carbons (Fsp3) is 0.323. The van der Waals surface area contributed by atoms with Gasteiger partial charge in [0.25, 0.3) is 10.0 Å². The van der Waals surface area contributed by atoms with Crippen LogP contribution in [0.1, 0.15) is 42.1 Å². The lowest BCUT2D eigenvalue weighted by atomic mass is 9.69. The van der Waals surface area contributed by atoms with Gasteiger partial charge >= 0.3 is 12.1 Å². The number of aliphatic carboxylic acids is 1. The number of aryl methyl sites for hydroxylation is 2. The van der Waals surface area contributed by atoms with Crippen LogP contribution in [-0.4, -0.2) is 42.0 Å². The van der Waals surface area contributed by atoms with E-state index in [1.165, 1.54) is 31.3 Å². The first kappa shape index (κ1) is 32.9. The maximum Gasteiger partial charge on any atom is 0.416 e. The number of anilines is 2. The fourth-order valence-electron chi connectivity index (χ4n) is 5.97. The molecular formula is C31H29F5N4O5S. The van der Waals surface area contributed by atoms with Gasteiger partial charge in [0.1, 0.15) is 17.5 Å². The molecule has 3 aromatic carbocycles. The van der Waals surface area contributed by atoms with E-state index in [1.807, 2.05) is 0 Å². The van der Waals surface area contributed by atoms with Gasteiger partial charge in [-0.3, -0.25) is 13.9 Å². The lowest BCUT2D eigenvalue weighted by Crippen LogP contribution is -2.40. The van der Waals surface area contributed by atoms with Crippen LogP contribution < -0.4 is 9.62 Å². The number of carbonyl (C=O) groups is 2. The van der Waals surface area contributed by atoms with Crippen LogP contribution >= 0.6 is 0 Å². The molecule has 46 heavy (non-hydrogen) atoms. The van der Waals surface area contributed by atoms with Crippen LogP contribution in [0.2, 0.25) is 0 Å². The van der Waals surface area contributed by atoms with E-state index in [4.69, 9.17) is 0 Å². The molecular weight excluding hydrogens is 635 g/mol. The number of alkyl halides is 3. The summed E-state index contributed by atoms with van der Waals surface area (Å²) >= 11 is 0. The third-order valence-electron chi connectivity index (χ3n) is 8.55. The molecule has 5 rings (SSSR count). The van der Waals surface area contributed by atoms with Crippen molar-refractivity contribution in [3.05, 3.63) is 83.2 Å². The number of carboxylic acid groups (broad SMARTS) is 1. The van der Waals surface area contributed by atoms with E-state index in [0.717, 1.165) is 22.0 Å². The van der Waals surface area contributed by atoms with E-state index in [2.05, 4.69) is 10.3 Å². The first-order chi connectivity index (χ1) is 21.5. The SMILES string of the molecule is Cc1nc2cc(S(=O)(=O)N(C)c3ccc([C@H]4CCC[C@@H](C(=O)Nc5ccc(C(F)(F)F)cc5F)[C@@H]4C(=O)O)c(F)c3)ccc2n1C. The molecule has 1 aliphatic rings. The summed E-state index contributed by atoms with van der Waals surface area (Å²) in [6.45, 7) is 1.78. The number of amides is 1. The minimum atomic E-state index is -4.81. The van der Waals surface area contributed by atoms with Gasteiger partial charge in [-0.05, 0) is 73.9 Å². The third-order valence-corrected chi connectivity index (χ3v) is 10.3. The predicted molar refractivity (Wildman–Crippen MR) is 159 cm³/mol. The van der Waals surface area contributed by atoms with Crippen molar-refractivity contribution in [2.45, 2.75) is 43.2 Å². The molecule has 0 radical (unpaired) electrons. The van der Waals surface area contributed by atoms with Crippen LogP contribution in [-0.2, 0) is 32.8 Å². The summed E-state index contributed by atoms with van der Waals surface area (Å²) in [5.74, 6) is -7.62. The molecule has 0 bridgehead atoms. The second-order valence-electron chi connectivity index (χ2n) is 11.2. The third kappa shape index (κ3) is 6.02. The molecule has 3 atom stereocenters. The Hall–Kier alpha value is -4.53.